The van der Waals surface area contributed by atoms with E-state index in [2.05, 4.69) is 2.84 Å². The summed E-state index contributed by atoms with van der Waals surface area (Å²) in [7, 11) is 0. The summed E-state index contributed by atoms with van der Waals surface area (Å²) in [6.45, 7) is 0. The van der Waals surface area contributed by atoms with Gasteiger partial charge in [-0.3, -0.25) is 0 Å². The molecule has 0 aromatic carbocycles. The standard InChI is InChI=1S/2Al.4H2O.3O/h;;4*1H2;;;. The van der Waals surface area contributed by atoms with Crippen molar-refractivity contribution < 1.29 is 32.4 Å². The maximum absolute atomic E-state index is 9.21. The minimum absolute atomic E-state index is 0. The van der Waals surface area contributed by atoms with Crippen molar-refractivity contribution >= 4 is 31.0 Å². The molecule has 0 atom stereocenters. The molecule has 0 aromatic rings. The topological polar surface area (TPSA) is 169 Å². The molecule has 0 amide bonds. The van der Waals surface area contributed by atoms with Gasteiger partial charge < -0.3 is 21.9 Å². The molecule has 9 heteroatoms. The van der Waals surface area contributed by atoms with E-state index in [0.29, 0.717) is 0 Å². The first-order valence-corrected chi connectivity index (χ1v) is 2.83. The van der Waals surface area contributed by atoms with Gasteiger partial charge in [-0.25, -0.2) is 0 Å². The molecule has 0 rings (SSSR count). The summed E-state index contributed by atoms with van der Waals surface area (Å²) in [6.07, 6.45) is 0. The summed E-state index contributed by atoms with van der Waals surface area (Å²) in [5.41, 5.74) is 0. The molecule has 0 heterocycles. The molecule has 0 aliphatic heterocycles. The van der Waals surface area contributed by atoms with Crippen LogP contribution in [-0.2, 0) is 10.4 Å². The third-order valence-electron chi connectivity index (χ3n) is 0.111. The zero-order valence-corrected chi connectivity index (χ0v) is 6.69. The molecule has 0 spiro atoms. The Hall–Kier alpha value is 0.305. The summed E-state index contributed by atoms with van der Waals surface area (Å²) in [5, 5.41) is 0. The predicted molar refractivity (Wildman–Crippen MR) is 28.4 cm³/mol. The third-order valence-corrected chi connectivity index (χ3v) is 1.00. The van der Waals surface area contributed by atoms with E-state index < -0.39 is 31.0 Å². The Kier molecular flexibility index (Phi) is 156. The fourth-order valence-corrected chi connectivity index (χ4v) is 0.204. The average Bonchev–Trinajstić information content (AvgIpc) is 1.41. The van der Waals surface area contributed by atoms with Crippen LogP contribution < -0.4 is 0 Å². The van der Waals surface area contributed by atoms with Crippen LogP contribution in [0.15, 0.2) is 0 Å². The minimum atomic E-state index is -1.24. The van der Waals surface area contributed by atoms with E-state index in [0.717, 1.165) is 0 Å². The van der Waals surface area contributed by atoms with Crippen molar-refractivity contribution in [1.29, 1.82) is 0 Å². The summed E-state index contributed by atoms with van der Waals surface area (Å²) in [6, 6.07) is 0. The van der Waals surface area contributed by atoms with Crippen LogP contribution in [0.1, 0.15) is 0 Å². The molecule has 0 aromatic heterocycles. The summed E-state index contributed by atoms with van der Waals surface area (Å²) in [5.74, 6) is 0. The first-order chi connectivity index (χ1) is 2.41. The Balaban J connectivity index is -0.0000000133. The van der Waals surface area contributed by atoms with Crippen LogP contribution in [0.3, 0.4) is 0 Å². The molecule has 0 saturated heterocycles. The third kappa shape index (κ3) is 62.1. The maximum atomic E-state index is 9.21. The molecule has 7 nitrogen and oxygen atoms in total. The Morgan fingerprint density at radius 3 is 1.00 bits per heavy atom. The van der Waals surface area contributed by atoms with Crippen LogP contribution in [0.25, 0.3) is 0 Å². The first-order valence-electron chi connectivity index (χ1n) is 0.943. The van der Waals surface area contributed by atoms with Gasteiger partial charge in [0.25, 0.3) is 0 Å². The SMILES string of the molecule is O.O.O.O.[O]=[Al][O][Al]=[O]. The Labute approximate surface area is 63.8 Å². The van der Waals surface area contributed by atoms with E-state index in [9.17, 15) is 7.61 Å². The second-order valence-corrected chi connectivity index (χ2v) is 1.80. The van der Waals surface area contributed by atoms with Gasteiger partial charge in [0.2, 0.25) is 0 Å². The molecule has 9 heavy (non-hydrogen) atoms. The molecule has 0 radical (unpaired) electrons. The van der Waals surface area contributed by atoms with Gasteiger partial charge >= 0.3 is 41.4 Å². The van der Waals surface area contributed by atoms with E-state index >= 15 is 0 Å². The number of rotatable bonds is 2. The van der Waals surface area contributed by atoms with Gasteiger partial charge in [0.15, 0.2) is 0 Å². The number of hydrogen-bond donors (Lipinski definition) is 0. The molecule has 0 saturated carbocycles. The monoisotopic (exact) mass is 174 g/mol. The van der Waals surface area contributed by atoms with Gasteiger partial charge in [0, 0.05) is 0 Å². The van der Waals surface area contributed by atoms with Crippen LogP contribution in [0, 0.1) is 0 Å². The van der Waals surface area contributed by atoms with E-state index in [4.69, 9.17) is 0 Å². The van der Waals surface area contributed by atoms with Crippen LogP contribution in [0.4, 0.5) is 0 Å². The summed E-state index contributed by atoms with van der Waals surface area (Å²) < 4.78 is 22.3. The van der Waals surface area contributed by atoms with Crippen molar-refractivity contribution in [2.45, 2.75) is 0 Å². The van der Waals surface area contributed by atoms with Gasteiger partial charge in [0.05, 0.1) is 0 Å². The fraction of sp³-hybridized carbons (Fsp3) is 0. The fourth-order valence-electron chi connectivity index (χ4n) is 0.0227. The Morgan fingerprint density at radius 2 is 1.00 bits per heavy atom. The van der Waals surface area contributed by atoms with Gasteiger partial charge in [0.1, 0.15) is 0 Å². The van der Waals surface area contributed by atoms with Crippen LogP contribution in [0.5, 0.6) is 0 Å². The second kappa shape index (κ2) is 40.6. The van der Waals surface area contributed by atoms with Crippen LogP contribution >= 0.6 is 0 Å². The zero-order chi connectivity index (χ0) is 4.12. The molecule has 0 bridgehead atoms. The van der Waals surface area contributed by atoms with Crippen molar-refractivity contribution in [1.82, 2.24) is 0 Å². The normalized spacial score (nSPS) is 2.22. The van der Waals surface area contributed by atoms with Crippen molar-refractivity contribution in [2.24, 2.45) is 0 Å². The number of hydrogen-bond acceptors (Lipinski definition) is 3. The molecule has 0 unspecified atom stereocenters. The van der Waals surface area contributed by atoms with Crippen molar-refractivity contribution in [3.8, 4) is 0 Å². The second-order valence-electron chi connectivity index (χ2n) is 0.329. The molecule has 56 valence electrons. The molecule has 0 fully saturated rings. The van der Waals surface area contributed by atoms with Gasteiger partial charge in [-0.1, -0.05) is 0 Å². The van der Waals surface area contributed by atoms with E-state index in [1.54, 1.807) is 0 Å². The van der Waals surface area contributed by atoms with E-state index in [1.807, 2.05) is 0 Å². The summed E-state index contributed by atoms with van der Waals surface area (Å²) >= 11 is -2.48. The van der Waals surface area contributed by atoms with Crippen molar-refractivity contribution in [2.75, 3.05) is 0 Å². The predicted octanol–water partition coefficient (Wildman–Crippen LogP) is -4.37. The Bertz CT molecular complexity index is 36.2. The van der Waals surface area contributed by atoms with E-state index in [-0.39, 0.29) is 21.9 Å². The van der Waals surface area contributed by atoms with Gasteiger partial charge in [-0.2, -0.15) is 0 Å². The van der Waals surface area contributed by atoms with Crippen molar-refractivity contribution in [3.05, 3.63) is 0 Å². The molecular formula is H8Al2O7. The average molecular weight is 174 g/mol. The molecule has 8 N–H and O–H groups in total. The first kappa shape index (κ1) is 34.6. The molecule has 0 aliphatic carbocycles. The Morgan fingerprint density at radius 1 is 0.778 bits per heavy atom. The summed E-state index contributed by atoms with van der Waals surface area (Å²) in [4.78, 5) is 0. The van der Waals surface area contributed by atoms with Crippen molar-refractivity contribution in [3.63, 3.8) is 0 Å². The van der Waals surface area contributed by atoms with Gasteiger partial charge in [-0.15, -0.1) is 0 Å². The zero-order valence-electron chi connectivity index (χ0n) is 4.38. The van der Waals surface area contributed by atoms with Gasteiger partial charge in [-0.05, 0) is 0 Å². The van der Waals surface area contributed by atoms with E-state index in [1.165, 1.54) is 0 Å². The quantitative estimate of drug-likeness (QED) is 0.385. The van der Waals surface area contributed by atoms with Crippen LogP contribution in [-0.4, -0.2) is 52.9 Å². The van der Waals surface area contributed by atoms with Crippen LogP contribution in [0.2, 0.25) is 0 Å². The molecule has 0 aliphatic rings. The molecular weight excluding hydrogens is 166 g/mol.